The summed E-state index contributed by atoms with van der Waals surface area (Å²) >= 11 is 0. The molecule has 80 valence electrons. The van der Waals surface area contributed by atoms with Gasteiger partial charge < -0.3 is 5.73 Å². The van der Waals surface area contributed by atoms with E-state index in [1.54, 1.807) is 18.3 Å². The zero-order chi connectivity index (χ0) is 11.4. The van der Waals surface area contributed by atoms with Crippen molar-refractivity contribution in [2.75, 3.05) is 0 Å². The van der Waals surface area contributed by atoms with Gasteiger partial charge in [-0.25, -0.2) is 0 Å². The molecule has 0 aliphatic heterocycles. The van der Waals surface area contributed by atoms with Crippen LogP contribution in [0, 0.1) is 0 Å². The van der Waals surface area contributed by atoms with Crippen LogP contribution in [-0.2, 0) is 4.79 Å². The number of carbonyl (C=O) groups excluding carboxylic acids is 1. The molecule has 2 rings (SSSR count). The highest BCUT2D eigenvalue weighted by Gasteiger charge is 2.21. The Balaban J connectivity index is 2.44. The summed E-state index contributed by atoms with van der Waals surface area (Å²) in [6, 6.07) is 12.8. The first-order valence-electron chi connectivity index (χ1n) is 4.91. The van der Waals surface area contributed by atoms with E-state index in [9.17, 15) is 4.79 Å². The predicted octanol–water partition coefficient (Wildman–Crippen LogP) is 1.09. The summed E-state index contributed by atoms with van der Waals surface area (Å²) in [6.45, 7) is 0. The second-order valence-electron chi connectivity index (χ2n) is 3.39. The Morgan fingerprint density at radius 2 is 1.88 bits per heavy atom. The molecule has 1 amide bonds. The third-order valence-corrected chi connectivity index (χ3v) is 2.31. The zero-order valence-corrected chi connectivity index (χ0v) is 8.58. The van der Waals surface area contributed by atoms with Gasteiger partial charge in [0.2, 0.25) is 5.91 Å². The van der Waals surface area contributed by atoms with Gasteiger partial charge in [-0.2, -0.15) is 10.2 Å². The van der Waals surface area contributed by atoms with Crippen LogP contribution < -0.4 is 5.73 Å². The largest absolute Gasteiger partial charge is 0.369 e. The van der Waals surface area contributed by atoms with Gasteiger partial charge in [0.15, 0.2) is 0 Å². The summed E-state index contributed by atoms with van der Waals surface area (Å²) in [4.78, 5) is 11.5. The summed E-state index contributed by atoms with van der Waals surface area (Å²) in [6.07, 6.45) is 1.56. The maximum absolute atomic E-state index is 11.5. The average Bonchev–Trinajstić information content (AvgIpc) is 2.31. The molecule has 4 nitrogen and oxygen atoms in total. The van der Waals surface area contributed by atoms with Crippen molar-refractivity contribution in [3.63, 3.8) is 0 Å². The van der Waals surface area contributed by atoms with Crippen LogP contribution in [0.4, 0.5) is 0 Å². The smallest absolute Gasteiger partial charge is 0.231 e. The van der Waals surface area contributed by atoms with E-state index in [-0.39, 0.29) is 0 Å². The predicted molar refractivity (Wildman–Crippen MR) is 59.5 cm³/mol. The zero-order valence-electron chi connectivity index (χ0n) is 8.58. The standard InChI is InChI=1S/C12H11N3O/c13-12(16)11(9-5-2-1-3-6-9)10-7-4-8-14-15-10/h1-8,11H,(H2,13,16). The molecule has 0 fully saturated rings. The fourth-order valence-electron chi connectivity index (χ4n) is 1.59. The van der Waals surface area contributed by atoms with Gasteiger partial charge in [0, 0.05) is 6.20 Å². The number of aromatic nitrogens is 2. The number of carbonyl (C=O) groups is 1. The van der Waals surface area contributed by atoms with E-state index in [0.717, 1.165) is 5.56 Å². The van der Waals surface area contributed by atoms with Gasteiger partial charge in [-0.15, -0.1) is 0 Å². The molecule has 0 aliphatic carbocycles. The maximum atomic E-state index is 11.5. The first-order valence-corrected chi connectivity index (χ1v) is 4.91. The lowest BCUT2D eigenvalue weighted by atomic mass is 9.95. The minimum absolute atomic E-state index is 0.424. The molecule has 0 spiro atoms. The minimum Gasteiger partial charge on any atom is -0.369 e. The quantitative estimate of drug-likeness (QED) is 0.829. The van der Waals surface area contributed by atoms with Crippen molar-refractivity contribution in [3.05, 3.63) is 59.9 Å². The van der Waals surface area contributed by atoms with E-state index in [0.29, 0.717) is 5.69 Å². The van der Waals surface area contributed by atoms with E-state index < -0.39 is 11.8 Å². The molecule has 2 N–H and O–H groups in total. The van der Waals surface area contributed by atoms with Crippen LogP contribution in [0.5, 0.6) is 0 Å². The summed E-state index contributed by atoms with van der Waals surface area (Å²) in [5, 5.41) is 7.68. The topological polar surface area (TPSA) is 68.9 Å². The average molecular weight is 213 g/mol. The van der Waals surface area contributed by atoms with Gasteiger partial charge in [0.25, 0.3) is 0 Å². The van der Waals surface area contributed by atoms with Crippen LogP contribution in [0.15, 0.2) is 48.7 Å². The summed E-state index contributed by atoms with van der Waals surface area (Å²) in [5.41, 5.74) is 6.79. The highest BCUT2D eigenvalue weighted by Crippen LogP contribution is 2.21. The molecule has 0 saturated carbocycles. The Kier molecular flexibility index (Phi) is 2.91. The van der Waals surface area contributed by atoms with E-state index in [4.69, 9.17) is 5.73 Å². The minimum atomic E-state index is -0.533. The fraction of sp³-hybridized carbons (Fsp3) is 0.0833. The van der Waals surface area contributed by atoms with Gasteiger partial charge in [0.1, 0.15) is 5.92 Å². The lowest BCUT2D eigenvalue weighted by Crippen LogP contribution is -2.23. The number of primary amides is 1. The van der Waals surface area contributed by atoms with Crippen molar-refractivity contribution < 1.29 is 4.79 Å². The lowest BCUT2D eigenvalue weighted by Gasteiger charge is -2.11. The van der Waals surface area contributed by atoms with Crippen LogP contribution in [-0.4, -0.2) is 16.1 Å². The molecule has 4 heteroatoms. The van der Waals surface area contributed by atoms with Crippen LogP contribution >= 0.6 is 0 Å². The van der Waals surface area contributed by atoms with Crippen molar-refractivity contribution in [2.45, 2.75) is 5.92 Å². The number of nitrogens with two attached hydrogens (primary N) is 1. The number of nitrogens with zero attached hydrogens (tertiary/aromatic N) is 2. The molecule has 1 heterocycles. The van der Waals surface area contributed by atoms with Gasteiger partial charge >= 0.3 is 0 Å². The SMILES string of the molecule is NC(=O)C(c1ccccc1)c1cccnn1. The first kappa shape index (κ1) is 10.3. The Labute approximate surface area is 93.1 Å². The van der Waals surface area contributed by atoms with Crippen LogP contribution in [0.1, 0.15) is 17.2 Å². The van der Waals surface area contributed by atoms with E-state index in [1.807, 2.05) is 30.3 Å². The van der Waals surface area contributed by atoms with Crippen molar-refractivity contribution in [1.82, 2.24) is 10.2 Å². The monoisotopic (exact) mass is 213 g/mol. The molecule has 1 unspecified atom stereocenters. The highest BCUT2D eigenvalue weighted by molar-refractivity contribution is 5.84. The second-order valence-corrected chi connectivity index (χ2v) is 3.39. The Morgan fingerprint density at radius 1 is 1.12 bits per heavy atom. The second kappa shape index (κ2) is 4.53. The van der Waals surface area contributed by atoms with E-state index >= 15 is 0 Å². The maximum Gasteiger partial charge on any atom is 0.231 e. The molecule has 2 aromatic rings. The summed E-state index contributed by atoms with van der Waals surface area (Å²) < 4.78 is 0. The molecule has 16 heavy (non-hydrogen) atoms. The molecule has 1 aromatic carbocycles. The molecular weight excluding hydrogens is 202 g/mol. The van der Waals surface area contributed by atoms with Crippen molar-refractivity contribution in [3.8, 4) is 0 Å². The Morgan fingerprint density at radius 3 is 2.44 bits per heavy atom. The third kappa shape index (κ3) is 2.06. The fourth-order valence-corrected chi connectivity index (χ4v) is 1.59. The molecule has 0 bridgehead atoms. The van der Waals surface area contributed by atoms with Crippen molar-refractivity contribution in [2.24, 2.45) is 5.73 Å². The number of hydrogen-bond acceptors (Lipinski definition) is 3. The van der Waals surface area contributed by atoms with Crippen LogP contribution in [0.25, 0.3) is 0 Å². The Hall–Kier alpha value is -2.23. The molecule has 1 atom stereocenters. The van der Waals surface area contributed by atoms with Crippen molar-refractivity contribution >= 4 is 5.91 Å². The van der Waals surface area contributed by atoms with Crippen LogP contribution in [0.3, 0.4) is 0 Å². The lowest BCUT2D eigenvalue weighted by molar-refractivity contribution is -0.118. The molecule has 1 aromatic heterocycles. The van der Waals surface area contributed by atoms with Crippen molar-refractivity contribution in [1.29, 1.82) is 0 Å². The highest BCUT2D eigenvalue weighted by atomic mass is 16.1. The Bertz CT molecular complexity index is 431. The van der Waals surface area contributed by atoms with E-state index in [2.05, 4.69) is 10.2 Å². The number of hydrogen-bond donors (Lipinski definition) is 1. The summed E-state index contributed by atoms with van der Waals surface area (Å²) in [7, 11) is 0. The van der Waals surface area contributed by atoms with Gasteiger partial charge in [-0.05, 0) is 17.7 Å². The normalized spacial score (nSPS) is 12.0. The van der Waals surface area contributed by atoms with Gasteiger partial charge in [-0.1, -0.05) is 30.3 Å². The number of benzene rings is 1. The molecular formula is C12H11N3O. The molecule has 0 aliphatic rings. The van der Waals surface area contributed by atoms with Crippen LogP contribution in [0.2, 0.25) is 0 Å². The summed E-state index contributed by atoms with van der Waals surface area (Å²) in [5.74, 6) is -0.957. The molecule has 0 saturated heterocycles. The van der Waals surface area contributed by atoms with E-state index in [1.165, 1.54) is 0 Å². The number of rotatable bonds is 3. The first-order chi connectivity index (χ1) is 7.79. The third-order valence-electron chi connectivity index (χ3n) is 2.31. The van der Waals surface area contributed by atoms with Gasteiger partial charge in [-0.3, -0.25) is 4.79 Å². The molecule has 0 radical (unpaired) electrons. The number of amides is 1. The van der Waals surface area contributed by atoms with Gasteiger partial charge in [0.05, 0.1) is 5.69 Å².